The zero-order valence-corrected chi connectivity index (χ0v) is 21.2. The number of aromatic amines is 2. The molecule has 0 radical (unpaired) electrons. The quantitative estimate of drug-likeness (QED) is 0.272. The summed E-state index contributed by atoms with van der Waals surface area (Å²) in [5.74, 6) is 0.751. The number of aliphatic carboxylic acids is 1. The first kappa shape index (κ1) is 25.4. The summed E-state index contributed by atoms with van der Waals surface area (Å²) in [4.78, 5) is 33.2. The maximum Gasteiger partial charge on any atom is 0.303 e. The molecule has 0 amide bonds. The second kappa shape index (κ2) is 11.4. The van der Waals surface area contributed by atoms with Crippen LogP contribution in [-0.4, -0.2) is 74.2 Å². The Morgan fingerprint density at radius 1 is 1.08 bits per heavy atom. The second-order valence-corrected chi connectivity index (χ2v) is 9.19. The van der Waals surface area contributed by atoms with Gasteiger partial charge in [0.1, 0.15) is 23.9 Å². The van der Waals surface area contributed by atoms with E-state index >= 15 is 0 Å². The van der Waals surface area contributed by atoms with Gasteiger partial charge in [-0.2, -0.15) is 0 Å². The first-order valence-corrected chi connectivity index (χ1v) is 12.8. The summed E-state index contributed by atoms with van der Waals surface area (Å²) < 4.78 is 12.2. The molecule has 4 aromatic rings. The largest absolute Gasteiger partial charge is 0.493 e. The average Bonchev–Trinajstić information content (AvgIpc) is 3.61. The van der Waals surface area contributed by atoms with Crippen LogP contribution in [0.25, 0.3) is 33.7 Å². The lowest BCUT2D eigenvalue weighted by Crippen LogP contribution is -2.25. The van der Waals surface area contributed by atoms with E-state index in [0.29, 0.717) is 36.8 Å². The molecule has 5 rings (SSSR count). The number of nitrogens with zero attached hydrogens (tertiary/aromatic N) is 4. The number of benzene rings is 2. The smallest absolute Gasteiger partial charge is 0.303 e. The molecule has 11 heteroatoms. The van der Waals surface area contributed by atoms with Crippen LogP contribution in [0.5, 0.6) is 11.5 Å². The van der Waals surface area contributed by atoms with Crippen molar-refractivity contribution in [2.75, 3.05) is 32.8 Å². The number of aryl methyl sites for hydroxylation is 1. The van der Waals surface area contributed by atoms with E-state index in [2.05, 4.69) is 30.3 Å². The number of fused-ring (bicyclic) bond motifs is 1. The number of rotatable bonds is 11. The molecule has 38 heavy (non-hydrogen) atoms. The van der Waals surface area contributed by atoms with Gasteiger partial charge in [-0.1, -0.05) is 17.3 Å². The van der Waals surface area contributed by atoms with Gasteiger partial charge in [-0.05, 0) is 74.7 Å². The molecule has 0 aliphatic carbocycles. The van der Waals surface area contributed by atoms with Gasteiger partial charge in [0.2, 0.25) is 0 Å². The number of carbonyl (C=O) groups is 1. The van der Waals surface area contributed by atoms with Gasteiger partial charge in [0.05, 0.1) is 12.2 Å². The standard InChI is InChI=1S/C27H30N6O5/c1-2-37-22-16-18(7-8-19(22)25-28-26-24(27(36)29-25)30-32-31-26)20-15-17(6-10-23(34)35)5-9-21(20)38-14-13-33-11-3-4-12-33/h5,7-9,15-16H,2-4,6,10-14H2,1H3,(H,34,35)(H2,28,29,30,31,32,36). The summed E-state index contributed by atoms with van der Waals surface area (Å²) in [6, 6.07) is 11.4. The number of ether oxygens (including phenoxy) is 2. The SMILES string of the molecule is CCOc1cc(-c2cc(CCC(=O)O)ccc2OCCN2CCCC2)ccc1-c1nc2[nH]nnc2c(=O)[nH]1. The van der Waals surface area contributed by atoms with Gasteiger partial charge in [0.25, 0.3) is 5.56 Å². The highest BCUT2D eigenvalue weighted by Crippen LogP contribution is 2.37. The Balaban J connectivity index is 1.50. The molecular weight excluding hydrogens is 488 g/mol. The normalized spacial score (nSPS) is 13.7. The molecule has 1 aliphatic heterocycles. The van der Waals surface area contributed by atoms with Crippen molar-refractivity contribution in [1.82, 2.24) is 30.3 Å². The van der Waals surface area contributed by atoms with Gasteiger partial charge >= 0.3 is 5.97 Å². The third kappa shape index (κ3) is 5.67. The zero-order chi connectivity index (χ0) is 26.5. The molecule has 3 N–H and O–H groups in total. The molecule has 1 fully saturated rings. The summed E-state index contributed by atoms with van der Waals surface area (Å²) in [6.45, 7) is 5.90. The van der Waals surface area contributed by atoms with E-state index in [1.54, 1.807) is 0 Å². The fraction of sp³-hybridized carbons (Fsp3) is 0.370. The maximum absolute atomic E-state index is 12.5. The van der Waals surface area contributed by atoms with E-state index in [1.165, 1.54) is 12.8 Å². The number of hydrogen-bond donors (Lipinski definition) is 3. The predicted octanol–water partition coefficient (Wildman–Crippen LogP) is 3.27. The third-order valence-corrected chi connectivity index (χ3v) is 6.58. The van der Waals surface area contributed by atoms with E-state index in [1.807, 2.05) is 43.3 Å². The van der Waals surface area contributed by atoms with Crippen LogP contribution >= 0.6 is 0 Å². The van der Waals surface area contributed by atoms with Crippen molar-refractivity contribution in [3.05, 3.63) is 52.3 Å². The van der Waals surface area contributed by atoms with Crippen LogP contribution < -0.4 is 15.0 Å². The molecule has 1 saturated heterocycles. The number of H-pyrrole nitrogens is 2. The van der Waals surface area contributed by atoms with Crippen molar-refractivity contribution in [2.45, 2.75) is 32.6 Å². The Bertz CT molecular complexity index is 1490. The van der Waals surface area contributed by atoms with Crippen LogP contribution in [0.2, 0.25) is 0 Å². The lowest BCUT2D eigenvalue weighted by molar-refractivity contribution is -0.136. The van der Waals surface area contributed by atoms with Gasteiger partial charge in [-0.3, -0.25) is 14.5 Å². The first-order valence-electron chi connectivity index (χ1n) is 12.8. The predicted molar refractivity (Wildman–Crippen MR) is 141 cm³/mol. The minimum Gasteiger partial charge on any atom is -0.493 e. The van der Waals surface area contributed by atoms with Gasteiger partial charge in [0, 0.05) is 18.5 Å². The highest BCUT2D eigenvalue weighted by molar-refractivity contribution is 5.79. The van der Waals surface area contributed by atoms with E-state index in [9.17, 15) is 9.59 Å². The molecule has 0 saturated carbocycles. The molecule has 0 spiro atoms. The molecule has 1 aliphatic rings. The molecule has 3 heterocycles. The third-order valence-electron chi connectivity index (χ3n) is 6.58. The minimum absolute atomic E-state index is 0.0434. The Morgan fingerprint density at radius 2 is 1.92 bits per heavy atom. The number of nitrogens with one attached hydrogen (secondary N) is 2. The highest BCUT2D eigenvalue weighted by Gasteiger charge is 2.17. The van der Waals surface area contributed by atoms with Crippen LogP contribution in [0.15, 0.2) is 41.2 Å². The van der Waals surface area contributed by atoms with Gasteiger partial charge in [-0.25, -0.2) is 10.1 Å². The Morgan fingerprint density at radius 3 is 2.71 bits per heavy atom. The molecule has 198 valence electrons. The Kier molecular flexibility index (Phi) is 7.64. The zero-order valence-electron chi connectivity index (χ0n) is 21.2. The number of carboxylic acids is 1. The number of likely N-dealkylation sites (tertiary alicyclic amines) is 1. The van der Waals surface area contributed by atoms with Gasteiger partial charge < -0.3 is 19.6 Å². The van der Waals surface area contributed by atoms with Crippen molar-refractivity contribution in [3.8, 4) is 34.0 Å². The summed E-state index contributed by atoms with van der Waals surface area (Å²) in [5, 5.41) is 19.2. The summed E-state index contributed by atoms with van der Waals surface area (Å²) >= 11 is 0. The summed E-state index contributed by atoms with van der Waals surface area (Å²) in [5.41, 5.74) is 3.23. The molecule has 0 bridgehead atoms. The van der Waals surface area contributed by atoms with Gasteiger partial charge in [0.15, 0.2) is 11.2 Å². The summed E-state index contributed by atoms with van der Waals surface area (Å²) in [7, 11) is 0. The van der Waals surface area contributed by atoms with Crippen LogP contribution in [0.1, 0.15) is 31.7 Å². The lowest BCUT2D eigenvalue weighted by Gasteiger charge is -2.18. The second-order valence-electron chi connectivity index (χ2n) is 9.19. The van der Waals surface area contributed by atoms with Crippen LogP contribution in [0, 0.1) is 0 Å². The van der Waals surface area contributed by atoms with Crippen molar-refractivity contribution in [3.63, 3.8) is 0 Å². The molecule has 0 unspecified atom stereocenters. The first-order chi connectivity index (χ1) is 18.5. The molecular formula is C27H30N6O5. The molecule has 0 atom stereocenters. The van der Waals surface area contributed by atoms with Crippen molar-refractivity contribution in [1.29, 1.82) is 0 Å². The van der Waals surface area contributed by atoms with E-state index in [0.717, 1.165) is 42.1 Å². The topological polar surface area (TPSA) is 146 Å². The van der Waals surface area contributed by atoms with Crippen molar-refractivity contribution < 1.29 is 19.4 Å². The van der Waals surface area contributed by atoms with Crippen molar-refractivity contribution >= 4 is 17.1 Å². The average molecular weight is 519 g/mol. The fourth-order valence-corrected chi connectivity index (χ4v) is 4.67. The molecule has 2 aromatic carbocycles. The van der Waals surface area contributed by atoms with Crippen LogP contribution in [-0.2, 0) is 11.2 Å². The monoisotopic (exact) mass is 518 g/mol. The number of hydrogen-bond acceptors (Lipinski definition) is 8. The maximum atomic E-state index is 12.5. The molecule has 11 nitrogen and oxygen atoms in total. The Hall–Kier alpha value is -4.25. The molecule has 2 aromatic heterocycles. The van der Waals surface area contributed by atoms with Crippen LogP contribution in [0.3, 0.4) is 0 Å². The number of aromatic nitrogens is 5. The fourth-order valence-electron chi connectivity index (χ4n) is 4.67. The van der Waals surface area contributed by atoms with Crippen LogP contribution in [0.4, 0.5) is 0 Å². The van der Waals surface area contributed by atoms with Crippen molar-refractivity contribution in [2.24, 2.45) is 0 Å². The lowest BCUT2D eigenvalue weighted by atomic mass is 9.98. The minimum atomic E-state index is -0.841. The van der Waals surface area contributed by atoms with E-state index in [-0.39, 0.29) is 17.6 Å². The number of carboxylic acid groups (broad SMARTS) is 1. The summed E-state index contributed by atoms with van der Waals surface area (Å²) in [6.07, 6.45) is 2.90. The van der Waals surface area contributed by atoms with E-state index in [4.69, 9.17) is 14.6 Å². The van der Waals surface area contributed by atoms with E-state index < -0.39 is 11.5 Å². The highest BCUT2D eigenvalue weighted by atomic mass is 16.5. The van der Waals surface area contributed by atoms with Gasteiger partial charge in [-0.15, -0.1) is 5.10 Å². The Labute approximate surface area is 218 Å².